The Morgan fingerprint density at radius 2 is 2.00 bits per heavy atom. The van der Waals surface area contributed by atoms with Crippen LogP contribution in [-0.4, -0.2) is 17.4 Å². The fourth-order valence-corrected chi connectivity index (χ4v) is 4.80. The third-order valence-electron chi connectivity index (χ3n) is 2.71. The van der Waals surface area contributed by atoms with Crippen molar-refractivity contribution in [2.75, 3.05) is 5.73 Å². The number of anilines is 1. The first-order valence-electron chi connectivity index (χ1n) is 5.41. The van der Waals surface area contributed by atoms with Crippen LogP contribution >= 0.6 is 22.9 Å². The number of imidazole rings is 1. The van der Waals surface area contributed by atoms with E-state index < -0.39 is 15.7 Å². The van der Waals surface area contributed by atoms with Crippen molar-refractivity contribution in [3.8, 4) is 0 Å². The zero-order valence-electron chi connectivity index (χ0n) is 9.83. The highest BCUT2D eigenvalue weighted by molar-refractivity contribution is 7.92. The van der Waals surface area contributed by atoms with E-state index in [4.69, 9.17) is 17.3 Å². The Morgan fingerprint density at radius 1 is 1.25 bits per heavy atom. The number of fused-ring (bicyclic) bond motifs is 1. The fourth-order valence-electron chi connectivity index (χ4n) is 1.87. The average Bonchev–Trinajstić information content (AvgIpc) is 2.92. The topological polar surface area (TPSA) is 97.9 Å². The van der Waals surface area contributed by atoms with Crippen molar-refractivity contribution in [2.45, 2.75) is 4.21 Å². The van der Waals surface area contributed by atoms with Crippen LogP contribution in [0.3, 0.4) is 0 Å². The number of nitrogens with one attached hydrogen (secondary N) is 1. The molecule has 0 amide bonds. The molecule has 0 fully saturated rings. The minimum absolute atomic E-state index is 0.00215. The zero-order chi connectivity index (χ0) is 14.5. The molecule has 2 heterocycles. The van der Waals surface area contributed by atoms with E-state index in [1.807, 2.05) is 0 Å². The predicted octanol–water partition coefficient (Wildman–Crippen LogP) is 1.86. The van der Waals surface area contributed by atoms with Gasteiger partial charge < -0.3 is 10.7 Å². The van der Waals surface area contributed by atoms with E-state index in [2.05, 4.69) is 4.98 Å². The van der Waals surface area contributed by atoms with Crippen LogP contribution < -0.4 is 11.4 Å². The minimum atomic E-state index is -3.98. The monoisotopic (exact) mass is 329 g/mol. The van der Waals surface area contributed by atoms with Gasteiger partial charge in [-0.3, -0.25) is 0 Å². The highest BCUT2D eigenvalue weighted by Crippen LogP contribution is 2.28. The van der Waals surface area contributed by atoms with Crippen LogP contribution in [0, 0.1) is 0 Å². The molecule has 0 unspecified atom stereocenters. The Morgan fingerprint density at radius 3 is 2.65 bits per heavy atom. The summed E-state index contributed by atoms with van der Waals surface area (Å²) < 4.78 is 26.0. The number of nitrogens with two attached hydrogens (primary N) is 1. The summed E-state index contributed by atoms with van der Waals surface area (Å²) in [5.74, 6) is 0. The van der Waals surface area contributed by atoms with Gasteiger partial charge in [-0.1, -0.05) is 11.6 Å². The molecule has 0 atom stereocenters. The summed E-state index contributed by atoms with van der Waals surface area (Å²) in [5.41, 5.74) is 5.91. The van der Waals surface area contributed by atoms with Gasteiger partial charge in [-0.05, 0) is 30.3 Å². The molecule has 0 aliphatic carbocycles. The molecule has 0 spiro atoms. The lowest BCUT2D eigenvalue weighted by Gasteiger charge is -2.03. The van der Waals surface area contributed by atoms with E-state index in [9.17, 15) is 13.2 Å². The second kappa shape index (κ2) is 4.37. The van der Waals surface area contributed by atoms with Gasteiger partial charge in [0.15, 0.2) is 0 Å². The van der Waals surface area contributed by atoms with Gasteiger partial charge in [0.1, 0.15) is 4.21 Å². The summed E-state index contributed by atoms with van der Waals surface area (Å²) in [4.78, 5) is 14.4. The molecular weight excluding hydrogens is 322 g/mol. The average molecular weight is 330 g/mol. The number of nitrogens with zero attached hydrogens (tertiary/aromatic N) is 1. The Balaban J connectivity index is 2.35. The number of H-pyrrole nitrogens is 1. The molecule has 9 heteroatoms. The number of hydrogen-bond acceptors (Lipinski definition) is 5. The van der Waals surface area contributed by atoms with Crippen molar-refractivity contribution in [3.63, 3.8) is 0 Å². The maximum atomic E-state index is 12.5. The SMILES string of the molecule is Nc1ccc2c(c1)[nH]c(=O)n2S(=O)(=O)c1ccc(Cl)s1. The smallest absolute Gasteiger partial charge is 0.340 e. The molecule has 3 rings (SSSR count). The molecule has 0 saturated heterocycles. The van der Waals surface area contributed by atoms with E-state index in [1.165, 1.54) is 30.3 Å². The standard InChI is InChI=1S/C11H8ClN3O3S2/c12-9-3-4-10(19-9)20(17,18)15-8-2-1-6(13)5-7(8)14-11(15)16/h1-5H,13H2,(H,14,16). The summed E-state index contributed by atoms with van der Waals surface area (Å²) in [5, 5.41) is 0. The van der Waals surface area contributed by atoms with Gasteiger partial charge in [-0.2, -0.15) is 12.4 Å². The highest BCUT2D eigenvalue weighted by Gasteiger charge is 2.24. The van der Waals surface area contributed by atoms with Crippen LogP contribution in [0.4, 0.5) is 5.69 Å². The normalized spacial score (nSPS) is 12.1. The van der Waals surface area contributed by atoms with E-state index >= 15 is 0 Å². The number of benzene rings is 1. The highest BCUT2D eigenvalue weighted by atomic mass is 35.5. The van der Waals surface area contributed by atoms with Crippen molar-refractivity contribution >= 4 is 49.7 Å². The number of hydrogen-bond donors (Lipinski definition) is 2. The first-order valence-corrected chi connectivity index (χ1v) is 8.04. The summed E-state index contributed by atoms with van der Waals surface area (Å²) in [6, 6.07) is 7.35. The summed E-state index contributed by atoms with van der Waals surface area (Å²) in [7, 11) is -3.98. The number of thiophene rings is 1. The molecule has 2 aromatic heterocycles. The number of aromatic nitrogens is 2. The van der Waals surface area contributed by atoms with Crippen molar-refractivity contribution in [1.82, 2.24) is 8.96 Å². The molecule has 20 heavy (non-hydrogen) atoms. The van der Waals surface area contributed by atoms with E-state index in [0.717, 1.165) is 11.3 Å². The lowest BCUT2D eigenvalue weighted by atomic mass is 10.3. The Bertz CT molecular complexity index is 968. The van der Waals surface area contributed by atoms with Crippen molar-refractivity contribution in [2.24, 2.45) is 0 Å². The lowest BCUT2D eigenvalue weighted by molar-refractivity contribution is 0.589. The predicted molar refractivity (Wildman–Crippen MR) is 78.9 cm³/mol. The Labute approximate surface area is 122 Å². The Kier molecular flexibility index (Phi) is 2.89. The second-order valence-electron chi connectivity index (χ2n) is 4.03. The quantitative estimate of drug-likeness (QED) is 0.701. The van der Waals surface area contributed by atoms with Crippen LogP contribution in [0.15, 0.2) is 39.3 Å². The van der Waals surface area contributed by atoms with Crippen LogP contribution in [0.25, 0.3) is 11.0 Å². The maximum Gasteiger partial charge on any atom is 0.340 e. The number of nitrogen functional groups attached to an aromatic ring is 1. The van der Waals surface area contributed by atoms with Gasteiger partial charge in [0.2, 0.25) is 0 Å². The van der Waals surface area contributed by atoms with E-state index in [0.29, 0.717) is 19.5 Å². The van der Waals surface area contributed by atoms with Gasteiger partial charge in [0, 0.05) is 5.69 Å². The summed E-state index contributed by atoms with van der Waals surface area (Å²) in [6.07, 6.45) is 0. The molecular formula is C11H8ClN3O3S2. The Hall–Kier alpha value is -1.77. The molecule has 6 nitrogen and oxygen atoms in total. The largest absolute Gasteiger partial charge is 0.399 e. The minimum Gasteiger partial charge on any atom is -0.399 e. The van der Waals surface area contributed by atoms with Crippen LogP contribution in [0.1, 0.15) is 0 Å². The molecule has 0 aliphatic rings. The molecule has 0 bridgehead atoms. The van der Waals surface area contributed by atoms with Crippen molar-refractivity contribution in [1.29, 1.82) is 0 Å². The molecule has 3 N–H and O–H groups in total. The van der Waals surface area contributed by atoms with Gasteiger partial charge in [0.05, 0.1) is 15.4 Å². The molecule has 0 radical (unpaired) electrons. The van der Waals surface area contributed by atoms with Crippen LogP contribution in [0.5, 0.6) is 0 Å². The fraction of sp³-hybridized carbons (Fsp3) is 0. The van der Waals surface area contributed by atoms with Crippen molar-refractivity contribution in [3.05, 3.63) is 45.2 Å². The third-order valence-corrected chi connectivity index (χ3v) is 6.10. The third kappa shape index (κ3) is 1.92. The first-order chi connectivity index (χ1) is 9.39. The molecule has 0 saturated carbocycles. The molecule has 0 aliphatic heterocycles. The zero-order valence-corrected chi connectivity index (χ0v) is 12.2. The van der Waals surface area contributed by atoms with E-state index in [1.54, 1.807) is 0 Å². The number of halogens is 1. The van der Waals surface area contributed by atoms with Gasteiger partial charge in [-0.15, -0.1) is 11.3 Å². The van der Waals surface area contributed by atoms with E-state index in [-0.39, 0.29) is 9.73 Å². The first kappa shape index (κ1) is 13.2. The van der Waals surface area contributed by atoms with Gasteiger partial charge >= 0.3 is 5.69 Å². The second-order valence-corrected chi connectivity index (χ2v) is 7.76. The van der Waals surface area contributed by atoms with Crippen LogP contribution in [-0.2, 0) is 10.0 Å². The summed E-state index contributed by atoms with van der Waals surface area (Å²) in [6.45, 7) is 0. The maximum absolute atomic E-state index is 12.5. The van der Waals surface area contributed by atoms with Crippen molar-refractivity contribution < 1.29 is 8.42 Å². The number of rotatable bonds is 2. The van der Waals surface area contributed by atoms with Gasteiger partial charge in [0.25, 0.3) is 10.0 Å². The summed E-state index contributed by atoms with van der Waals surface area (Å²) >= 11 is 6.64. The molecule has 1 aromatic carbocycles. The molecule has 104 valence electrons. The molecule has 3 aromatic rings. The van der Waals surface area contributed by atoms with Gasteiger partial charge in [-0.25, -0.2) is 4.79 Å². The van der Waals surface area contributed by atoms with Crippen LogP contribution in [0.2, 0.25) is 4.34 Å². The lowest BCUT2D eigenvalue weighted by Crippen LogP contribution is -2.24. The number of aromatic amines is 1.